The first-order valence-electron chi connectivity index (χ1n) is 11.1. The van der Waals surface area contributed by atoms with E-state index in [-0.39, 0.29) is 12.4 Å². The average Bonchev–Trinajstić information content (AvgIpc) is 3.13. The maximum absolute atomic E-state index is 13.9. The Kier molecular flexibility index (Phi) is 7.76. The van der Waals surface area contributed by atoms with Crippen molar-refractivity contribution in [2.75, 3.05) is 32.8 Å². The molecule has 5 aliphatic rings. The van der Waals surface area contributed by atoms with Gasteiger partial charge in [-0.25, -0.2) is 0 Å². The Balaban J connectivity index is 0.00000259. The van der Waals surface area contributed by atoms with E-state index in [0.717, 1.165) is 47.4 Å². The first-order valence-corrected chi connectivity index (χ1v) is 12.9. The molecule has 0 aromatic heterocycles. The average molecular weight is 514 g/mol. The Hall–Kier alpha value is -1.12. The van der Waals surface area contributed by atoms with Crippen molar-refractivity contribution in [3.05, 3.63) is 80.0 Å². The number of nitrogens with zero attached hydrogens (tertiary/aromatic N) is 1. The Morgan fingerprint density at radius 1 is 1.03 bits per heavy atom. The van der Waals surface area contributed by atoms with Crippen molar-refractivity contribution in [3.8, 4) is 0 Å². The Morgan fingerprint density at radius 3 is 2.64 bits per heavy atom. The zero-order chi connectivity index (χ0) is 22.2. The van der Waals surface area contributed by atoms with Crippen molar-refractivity contribution in [2.24, 2.45) is 0 Å². The number of thioether (sulfide) groups is 2. The molecule has 3 heterocycles. The van der Waals surface area contributed by atoms with Gasteiger partial charge in [-0.15, -0.1) is 35.9 Å². The molecule has 33 heavy (non-hydrogen) atoms. The SMILES string of the molecule is Cl.FC(F)(F)C1=CSC=C2C=CC3=CC=C(COCCN4CCCCC4)SC34CC=CC4=C21. The smallest absolute Gasteiger partial charge is 0.375 e. The Labute approximate surface area is 207 Å². The van der Waals surface area contributed by atoms with Crippen LogP contribution >= 0.6 is 35.9 Å². The van der Waals surface area contributed by atoms with E-state index >= 15 is 0 Å². The molecule has 2 aliphatic carbocycles. The fourth-order valence-electron chi connectivity index (χ4n) is 4.95. The summed E-state index contributed by atoms with van der Waals surface area (Å²) in [6.45, 7) is 4.41. The highest BCUT2D eigenvalue weighted by molar-refractivity contribution is 8.05. The predicted octanol–water partition coefficient (Wildman–Crippen LogP) is 7.11. The van der Waals surface area contributed by atoms with E-state index < -0.39 is 16.5 Å². The number of allylic oxidation sites excluding steroid dienone is 9. The monoisotopic (exact) mass is 513 g/mol. The van der Waals surface area contributed by atoms with Crippen LogP contribution in [-0.4, -0.2) is 48.7 Å². The van der Waals surface area contributed by atoms with Gasteiger partial charge >= 0.3 is 6.18 Å². The van der Waals surface area contributed by atoms with Gasteiger partial charge in [0.15, 0.2) is 0 Å². The fourth-order valence-corrected chi connectivity index (χ4v) is 7.19. The van der Waals surface area contributed by atoms with E-state index in [1.165, 1.54) is 24.7 Å². The summed E-state index contributed by atoms with van der Waals surface area (Å²) in [4.78, 5) is 3.51. The molecule has 0 N–H and O–H groups in total. The lowest BCUT2D eigenvalue weighted by molar-refractivity contribution is -0.0889. The number of likely N-dealkylation sites (tertiary alicyclic amines) is 1. The standard InChI is InChI=1S/C25H26F3NOS2.ClH/c26-25(27,28)22-17-31-16-18-6-7-19-8-9-20(15-30-14-13-29-11-2-1-3-12-29)32-24(19)10-4-5-21(24)23(18)22;/h4-9,16-17H,1-3,10-15H2;1H. The van der Waals surface area contributed by atoms with E-state index in [0.29, 0.717) is 30.8 Å². The largest absolute Gasteiger partial charge is 0.417 e. The predicted molar refractivity (Wildman–Crippen MR) is 135 cm³/mol. The first-order chi connectivity index (χ1) is 15.5. The summed E-state index contributed by atoms with van der Waals surface area (Å²) in [6, 6.07) is 0. The number of piperidine rings is 1. The number of hydrogen-bond donors (Lipinski definition) is 0. The van der Waals surface area contributed by atoms with E-state index in [1.807, 2.05) is 29.7 Å². The van der Waals surface area contributed by atoms with Crippen molar-refractivity contribution in [1.29, 1.82) is 0 Å². The van der Waals surface area contributed by atoms with E-state index in [2.05, 4.69) is 17.1 Å². The zero-order valence-electron chi connectivity index (χ0n) is 18.2. The number of hydrogen-bond acceptors (Lipinski definition) is 4. The van der Waals surface area contributed by atoms with Crippen molar-refractivity contribution in [3.63, 3.8) is 0 Å². The number of ether oxygens (including phenoxy) is 1. The van der Waals surface area contributed by atoms with E-state index in [9.17, 15) is 13.2 Å². The molecule has 0 radical (unpaired) electrons. The summed E-state index contributed by atoms with van der Waals surface area (Å²) < 4.78 is 47.2. The molecule has 0 amide bonds. The third-order valence-electron chi connectivity index (χ3n) is 6.55. The molecule has 1 unspecified atom stereocenters. The van der Waals surface area contributed by atoms with Gasteiger partial charge in [-0.1, -0.05) is 36.8 Å². The van der Waals surface area contributed by atoms with Crippen LogP contribution in [0.25, 0.3) is 0 Å². The van der Waals surface area contributed by atoms with Gasteiger partial charge < -0.3 is 9.64 Å². The maximum Gasteiger partial charge on any atom is 0.417 e. The maximum atomic E-state index is 13.9. The lowest BCUT2D eigenvalue weighted by Crippen LogP contribution is -2.33. The molecule has 0 aromatic carbocycles. The highest BCUT2D eigenvalue weighted by atomic mass is 35.5. The third-order valence-corrected chi connectivity index (χ3v) is 8.79. The van der Waals surface area contributed by atoms with Crippen molar-refractivity contribution in [1.82, 2.24) is 4.90 Å². The molecule has 0 aromatic rings. The summed E-state index contributed by atoms with van der Waals surface area (Å²) in [6.07, 6.45) is 12.0. The summed E-state index contributed by atoms with van der Waals surface area (Å²) in [7, 11) is 0. The quantitative estimate of drug-likeness (QED) is 0.363. The molecule has 1 saturated heterocycles. The summed E-state index contributed by atoms with van der Waals surface area (Å²) in [5.74, 6) is 0. The topological polar surface area (TPSA) is 12.5 Å². The minimum atomic E-state index is -4.38. The van der Waals surface area contributed by atoms with Crippen LogP contribution in [0.2, 0.25) is 0 Å². The minimum absolute atomic E-state index is 0. The van der Waals surface area contributed by atoms with Gasteiger partial charge in [0.2, 0.25) is 0 Å². The van der Waals surface area contributed by atoms with Crippen LogP contribution in [0.5, 0.6) is 0 Å². The molecule has 1 atom stereocenters. The summed E-state index contributed by atoms with van der Waals surface area (Å²) >= 11 is 2.75. The number of alkyl halides is 3. The molecule has 1 spiro atoms. The van der Waals surface area contributed by atoms with Crippen LogP contribution < -0.4 is 0 Å². The normalized spacial score (nSPS) is 26.9. The molecule has 0 saturated carbocycles. The zero-order valence-corrected chi connectivity index (χ0v) is 20.6. The van der Waals surface area contributed by atoms with Crippen LogP contribution in [0, 0.1) is 0 Å². The number of rotatable bonds is 5. The van der Waals surface area contributed by atoms with Gasteiger partial charge in [0.05, 0.1) is 23.5 Å². The van der Waals surface area contributed by atoms with Crippen LogP contribution in [0.3, 0.4) is 0 Å². The summed E-state index contributed by atoms with van der Waals surface area (Å²) in [5, 5.41) is 3.05. The van der Waals surface area contributed by atoms with E-state index in [1.54, 1.807) is 11.8 Å². The minimum Gasteiger partial charge on any atom is -0.375 e. The van der Waals surface area contributed by atoms with Crippen LogP contribution in [0.1, 0.15) is 25.7 Å². The highest BCUT2D eigenvalue weighted by Crippen LogP contribution is 2.58. The highest BCUT2D eigenvalue weighted by Gasteiger charge is 2.48. The van der Waals surface area contributed by atoms with Gasteiger partial charge in [-0.2, -0.15) is 13.2 Å². The van der Waals surface area contributed by atoms with Crippen molar-refractivity contribution >= 4 is 35.9 Å². The second-order valence-corrected chi connectivity index (χ2v) is 10.8. The third kappa shape index (κ3) is 4.98. The molecule has 178 valence electrons. The lowest BCUT2D eigenvalue weighted by atomic mass is 9.86. The van der Waals surface area contributed by atoms with Gasteiger partial charge in [-0.05, 0) is 71.5 Å². The van der Waals surface area contributed by atoms with Gasteiger partial charge in [0, 0.05) is 11.4 Å². The second kappa shape index (κ2) is 10.2. The van der Waals surface area contributed by atoms with Gasteiger partial charge in [0.1, 0.15) is 0 Å². The molecule has 0 bridgehead atoms. The van der Waals surface area contributed by atoms with Gasteiger partial charge in [0.25, 0.3) is 0 Å². The molecule has 3 aliphatic heterocycles. The van der Waals surface area contributed by atoms with Crippen molar-refractivity contribution in [2.45, 2.75) is 36.6 Å². The van der Waals surface area contributed by atoms with Crippen molar-refractivity contribution < 1.29 is 17.9 Å². The van der Waals surface area contributed by atoms with Crippen LogP contribution in [0.15, 0.2) is 80.0 Å². The Morgan fingerprint density at radius 2 is 1.85 bits per heavy atom. The molecular weight excluding hydrogens is 487 g/mol. The second-order valence-electron chi connectivity index (χ2n) is 8.61. The Bertz CT molecular complexity index is 1000. The fraction of sp³-hybridized carbons (Fsp3) is 0.440. The number of halogens is 4. The lowest BCUT2D eigenvalue weighted by Gasteiger charge is -2.36. The van der Waals surface area contributed by atoms with Crippen LogP contribution in [-0.2, 0) is 4.74 Å². The molecule has 2 nitrogen and oxygen atoms in total. The molecule has 8 heteroatoms. The first kappa shape index (κ1) is 25.0. The van der Waals surface area contributed by atoms with Gasteiger partial charge in [-0.3, -0.25) is 0 Å². The van der Waals surface area contributed by atoms with Crippen LogP contribution in [0.4, 0.5) is 13.2 Å². The molecular formula is C25H27ClF3NOS2. The summed E-state index contributed by atoms with van der Waals surface area (Å²) in [5.41, 5.74) is 2.23. The number of fused-ring (bicyclic) bond motifs is 1. The van der Waals surface area contributed by atoms with E-state index in [4.69, 9.17) is 4.74 Å². The molecule has 1 fully saturated rings. The molecule has 5 rings (SSSR count).